The lowest BCUT2D eigenvalue weighted by molar-refractivity contribution is 0.393. The van der Waals surface area contributed by atoms with Gasteiger partial charge in [0.15, 0.2) is 10.8 Å². The van der Waals surface area contributed by atoms with E-state index >= 15 is 0 Å². The highest BCUT2D eigenvalue weighted by atomic mass is 35.5. The maximum absolute atomic E-state index is 11.2. The maximum Gasteiger partial charge on any atom is 0.312 e. The molecule has 2 rings (SSSR count). The average molecular weight is 213 g/mol. The Morgan fingerprint density at radius 1 is 1.50 bits per heavy atom. The summed E-state index contributed by atoms with van der Waals surface area (Å²) in [7, 11) is 1.35. The summed E-state index contributed by atoms with van der Waals surface area (Å²) in [6.07, 6.45) is 1.24. The van der Waals surface area contributed by atoms with E-state index in [2.05, 4.69) is 19.9 Å². The molecule has 0 spiro atoms. The summed E-state index contributed by atoms with van der Waals surface area (Å²) >= 11 is 5.75. The van der Waals surface area contributed by atoms with Crippen LogP contribution in [0.2, 0.25) is 5.15 Å². The first kappa shape index (κ1) is 8.89. The number of aromatic amines is 1. The number of nitrogens with one attached hydrogen (secondary N) is 1. The summed E-state index contributed by atoms with van der Waals surface area (Å²) in [6, 6.07) is 0. The predicted molar refractivity (Wildman–Crippen MR) is 49.5 cm³/mol. The first-order valence-electron chi connectivity index (χ1n) is 3.67. The number of ether oxygens (including phenoxy) is 1. The zero-order valence-electron chi connectivity index (χ0n) is 7.11. The fraction of sp³-hybridized carbons (Fsp3) is 0.143. The van der Waals surface area contributed by atoms with Gasteiger partial charge in [0.25, 0.3) is 5.88 Å². The van der Waals surface area contributed by atoms with Crippen LogP contribution in [0.5, 0.6) is 5.88 Å². The van der Waals surface area contributed by atoms with Crippen LogP contribution >= 0.6 is 11.6 Å². The normalized spacial score (nSPS) is 10.4. The minimum Gasteiger partial charge on any atom is -0.477 e. The Kier molecular flexibility index (Phi) is 2.05. The molecule has 0 amide bonds. The van der Waals surface area contributed by atoms with Gasteiger partial charge >= 0.3 is 5.56 Å². The molecule has 0 saturated heterocycles. The van der Waals surface area contributed by atoms with Gasteiger partial charge in [-0.15, -0.1) is 0 Å². The molecule has 0 unspecified atom stereocenters. The van der Waals surface area contributed by atoms with Crippen molar-refractivity contribution in [2.75, 3.05) is 7.11 Å². The first-order chi connectivity index (χ1) is 6.72. The zero-order chi connectivity index (χ0) is 10.1. The Morgan fingerprint density at radius 3 is 3.00 bits per heavy atom. The van der Waals surface area contributed by atoms with Crippen LogP contribution in [0.1, 0.15) is 0 Å². The number of fused-ring (bicyclic) bond motifs is 1. The summed E-state index contributed by atoms with van der Waals surface area (Å²) in [4.78, 5) is 25.1. The van der Waals surface area contributed by atoms with Crippen LogP contribution < -0.4 is 10.3 Å². The van der Waals surface area contributed by atoms with Crippen molar-refractivity contribution in [1.82, 2.24) is 19.9 Å². The molecule has 7 heteroatoms. The van der Waals surface area contributed by atoms with E-state index in [1.54, 1.807) is 0 Å². The van der Waals surface area contributed by atoms with E-state index < -0.39 is 5.56 Å². The van der Waals surface area contributed by atoms with Crippen molar-refractivity contribution in [3.63, 3.8) is 0 Å². The highest BCUT2D eigenvalue weighted by molar-refractivity contribution is 6.33. The number of hydrogen-bond donors (Lipinski definition) is 1. The van der Waals surface area contributed by atoms with E-state index in [1.165, 1.54) is 13.4 Å². The number of nitrogens with zero attached hydrogens (tertiary/aromatic N) is 3. The van der Waals surface area contributed by atoms with Crippen molar-refractivity contribution in [3.05, 3.63) is 21.8 Å². The van der Waals surface area contributed by atoms with E-state index in [4.69, 9.17) is 16.3 Å². The van der Waals surface area contributed by atoms with Crippen molar-refractivity contribution < 1.29 is 4.74 Å². The van der Waals surface area contributed by atoms with Gasteiger partial charge in [0.05, 0.1) is 7.11 Å². The molecule has 0 bridgehead atoms. The van der Waals surface area contributed by atoms with E-state index in [1.807, 2.05) is 0 Å². The smallest absolute Gasteiger partial charge is 0.312 e. The first-order valence-corrected chi connectivity index (χ1v) is 4.04. The van der Waals surface area contributed by atoms with Crippen molar-refractivity contribution in [2.45, 2.75) is 0 Å². The van der Waals surface area contributed by atoms with Gasteiger partial charge in [-0.05, 0) is 0 Å². The van der Waals surface area contributed by atoms with Gasteiger partial charge in [0.1, 0.15) is 11.8 Å². The fourth-order valence-electron chi connectivity index (χ4n) is 0.999. The highest BCUT2D eigenvalue weighted by Crippen LogP contribution is 2.14. The van der Waals surface area contributed by atoms with E-state index in [0.717, 1.165) is 0 Å². The van der Waals surface area contributed by atoms with Crippen LogP contribution in [0.4, 0.5) is 0 Å². The topological polar surface area (TPSA) is 80.8 Å². The lowest BCUT2D eigenvalue weighted by Crippen LogP contribution is -2.12. The number of rotatable bonds is 1. The molecule has 0 aliphatic heterocycles. The van der Waals surface area contributed by atoms with Gasteiger partial charge in [-0.3, -0.25) is 4.79 Å². The van der Waals surface area contributed by atoms with E-state index in [0.29, 0.717) is 5.52 Å². The second-order valence-corrected chi connectivity index (χ2v) is 2.79. The molecular weight excluding hydrogens is 208 g/mol. The molecule has 0 aromatic carbocycles. The fourth-order valence-corrected chi connectivity index (χ4v) is 1.17. The summed E-state index contributed by atoms with van der Waals surface area (Å²) in [5.74, 6) is -0.0609. The summed E-state index contributed by atoms with van der Waals surface area (Å²) < 4.78 is 4.74. The molecule has 0 radical (unpaired) electrons. The Labute approximate surface area is 82.9 Å². The number of hydrogen-bond acceptors (Lipinski definition) is 5. The molecule has 0 aliphatic rings. The van der Waals surface area contributed by atoms with Crippen molar-refractivity contribution in [1.29, 1.82) is 0 Å². The number of H-pyrrole nitrogens is 1. The SMILES string of the molecule is COc1nc2c(Cl)ncnc2[nH]c1=O. The number of aromatic nitrogens is 4. The molecule has 72 valence electrons. The van der Waals surface area contributed by atoms with Gasteiger partial charge in [-0.1, -0.05) is 11.6 Å². The summed E-state index contributed by atoms with van der Waals surface area (Å²) in [5.41, 5.74) is 0.149. The van der Waals surface area contributed by atoms with Gasteiger partial charge in [-0.2, -0.15) is 0 Å². The second kappa shape index (κ2) is 3.22. The molecule has 0 saturated carbocycles. The standard InChI is InChI=1S/C7H5ClN4O2/c1-14-7-6(13)12-5-3(11-7)4(8)9-2-10-5/h2H,1H3,(H,9,10,12,13). The van der Waals surface area contributed by atoms with E-state index in [-0.39, 0.29) is 16.7 Å². The predicted octanol–water partition coefficient (Wildman–Crippen LogP) is 0.375. The largest absolute Gasteiger partial charge is 0.477 e. The lowest BCUT2D eigenvalue weighted by atomic mass is 10.5. The maximum atomic E-state index is 11.2. The third-order valence-corrected chi connectivity index (χ3v) is 1.89. The second-order valence-electron chi connectivity index (χ2n) is 2.44. The molecule has 0 atom stereocenters. The Bertz CT molecular complexity index is 539. The van der Waals surface area contributed by atoms with Gasteiger partial charge in [0.2, 0.25) is 0 Å². The molecular formula is C7H5ClN4O2. The summed E-state index contributed by atoms with van der Waals surface area (Å²) in [6.45, 7) is 0. The quantitative estimate of drug-likeness (QED) is 0.691. The number of halogens is 1. The molecule has 0 fully saturated rings. The molecule has 0 aliphatic carbocycles. The molecule has 14 heavy (non-hydrogen) atoms. The van der Waals surface area contributed by atoms with Crippen LogP contribution in [0.25, 0.3) is 11.2 Å². The van der Waals surface area contributed by atoms with Crippen LogP contribution in [0, 0.1) is 0 Å². The molecule has 1 N–H and O–H groups in total. The van der Waals surface area contributed by atoms with Crippen LogP contribution in [-0.4, -0.2) is 27.0 Å². The van der Waals surface area contributed by atoms with Gasteiger partial charge in [-0.25, -0.2) is 15.0 Å². The van der Waals surface area contributed by atoms with Gasteiger partial charge < -0.3 is 9.72 Å². The third-order valence-electron chi connectivity index (χ3n) is 1.61. The summed E-state index contributed by atoms with van der Waals surface area (Å²) in [5, 5.41) is 0.171. The Morgan fingerprint density at radius 2 is 2.29 bits per heavy atom. The van der Waals surface area contributed by atoms with Crippen LogP contribution in [-0.2, 0) is 0 Å². The minimum absolute atomic E-state index is 0.0609. The zero-order valence-corrected chi connectivity index (χ0v) is 7.87. The molecule has 2 aromatic heterocycles. The monoisotopic (exact) mass is 212 g/mol. The highest BCUT2D eigenvalue weighted by Gasteiger charge is 2.08. The van der Waals surface area contributed by atoms with E-state index in [9.17, 15) is 4.79 Å². The molecule has 2 heterocycles. The lowest BCUT2D eigenvalue weighted by Gasteiger charge is -2.00. The van der Waals surface area contributed by atoms with Crippen LogP contribution in [0.3, 0.4) is 0 Å². The van der Waals surface area contributed by atoms with Gasteiger partial charge in [0, 0.05) is 0 Å². The van der Waals surface area contributed by atoms with Crippen LogP contribution in [0.15, 0.2) is 11.1 Å². The Balaban J connectivity index is 2.87. The van der Waals surface area contributed by atoms with Crippen molar-refractivity contribution in [3.8, 4) is 5.88 Å². The average Bonchev–Trinajstić information content (AvgIpc) is 2.17. The molecule has 6 nitrogen and oxygen atoms in total. The minimum atomic E-state index is -0.449. The van der Waals surface area contributed by atoms with Crippen molar-refractivity contribution >= 4 is 22.8 Å². The third kappa shape index (κ3) is 1.29. The van der Waals surface area contributed by atoms with Crippen molar-refractivity contribution in [2.24, 2.45) is 0 Å². The molecule has 2 aromatic rings. The number of methoxy groups -OCH3 is 1. The Hall–Kier alpha value is -1.69.